The quantitative estimate of drug-likeness (QED) is 0.707. The summed E-state index contributed by atoms with van der Waals surface area (Å²) in [6.07, 6.45) is -3.70. The van der Waals surface area contributed by atoms with Crippen molar-refractivity contribution in [2.24, 2.45) is 0 Å². The number of rotatable bonds is 2. The van der Waals surface area contributed by atoms with Gasteiger partial charge in [0.25, 0.3) is 5.56 Å². The summed E-state index contributed by atoms with van der Waals surface area (Å²) in [5.41, 5.74) is -2.17. The van der Waals surface area contributed by atoms with E-state index in [1.807, 2.05) is 5.10 Å². The van der Waals surface area contributed by atoms with E-state index in [2.05, 4.69) is 20.4 Å². The second-order valence-electron chi connectivity index (χ2n) is 5.15. The first-order valence-corrected chi connectivity index (χ1v) is 7.27. The average Bonchev–Trinajstić information content (AvgIpc) is 3.00. The van der Waals surface area contributed by atoms with Crippen LogP contribution in [-0.2, 0) is 6.18 Å². The van der Waals surface area contributed by atoms with Crippen LogP contribution in [0, 0.1) is 0 Å². The third-order valence-electron chi connectivity index (χ3n) is 3.52. The van der Waals surface area contributed by atoms with Crippen molar-refractivity contribution in [3.8, 4) is 11.4 Å². The number of alkyl halides is 3. The maximum Gasteiger partial charge on any atom is 0.433 e. The summed E-state index contributed by atoms with van der Waals surface area (Å²) in [5.74, 6) is -0.166. The van der Waals surface area contributed by atoms with E-state index in [-0.39, 0.29) is 34.6 Å². The van der Waals surface area contributed by atoms with Crippen LogP contribution >= 0.6 is 24.0 Å². The van der Waals surface area contributed by atoms with Gasteiger partial charge in [0.1, 0.15) is 10.8 Å². The van der Waals surface area contributed by atoms with E-state index in [1.165, 1.54) is 0 Å². The molecule has 2 aromatic heterocycles. The minimum absolute atomic E-state index is 0. The number of anilines is 1. The molecular formula is C12H14Cl2F3N7O. The Morgan fingerprint density at radius 3 is 2.72 bits per heavy atom. The molecule has 1 aliphatic rings. The van der Waals surface area contributed by atoms with Gasteiger partial charge in [-0.15, -0.1) is 12.4 Å². The van der Waals surface area contributed by atoms with E-state index in [4.69, 9.17) is 11.6 Å². The number of hydrogen-bond donors (Lipinski definition) is 3. The Bertz CT molecular complexity index is 807. The fraction of sp³-hybridized carbons (Fsp3) is 0.417. The van der Waals surface area contributed by atoms with E-state index in [0.717, 1.165) is 6.20 Å². The van der Waals surface area contributed by atoms with Crippen LogP contribution in [0.5, 0.6) is 0 Å². The second kappa shape index (κ2) is 7.20. The Morgan fingerprint density at radius 2 is 2.08 bits per heavy atom. The van der Waals surface area contributed by atoms with Crippen molar-refractivity contribution in [1.29, 1.82) is 0 Å². The van der Waals surface area contributed by atoms with Crippen molar-refractivity contribution in [3.63, 3.8) is 0 Å². The molecule has 0 unspecified atom stereocenters. The molecule has 3 N–H and O–H groups in total. The predicted molar refractivity (Wildman–Crippen MR) is 87.7 cm³/mol. The van der Waals surface area contributed by atoms with Gasteiger partial charge in [0.2, 0.25) is 0 Å². The molecule has 2 aromatic rings. The first-order valence-electron chi connectivity index (χ1n) is 6.89. The smallest absolute Gasteiger partial charge is 0.305 e. The van der Waals surface area contributed by atoms with Crippen LogP contribution in [0.2, 0.25) is 5.02 Å². The van der Waals surface area contributed by atoms with E-state index in [9.17, 15) is 18.0 Å². The maximum absolute atomic E-state index is 13.0. The molecule has 0 atom stereocenters. The predicted octanol–water partition coefficient (Wildman–Crippen LogP) is 1.47. The largest absolute Gasteiger partial charge is 0.433 e. The monoisotopic (exact) mass is 399 g/mol. The van der Waals surface area contributed by atoms with Crippen molar-refractivity contribution in [3.05, 3.63) is 27.3 Å². The molecule has 0 aromatic carbocycles. The van der Waals surface area contributed by atoms with Crippen molar-refractivity contribution in [2.75, 3.05) is 31.8 Å². The fourth-order valence-electron chi connectivity index (χ4n) is 2.38. The Hall–Kier alpha value is -1.82. The van der Waals surface area contributed by atoms with E-state index in [0.29, 0.717) is 19.8 Å². The van der Waals surface area contributed by atoms with Gasteiger partial charge in [-0.1, -0.05) is 11.6 Å². The molecule has 25 heavy (non-hydrogen) atoms. The zero-order valence-electron chi connectivity index (χ0n) is 12.8. The third kappa shape index (κ3) is 3.73. The fourth-order valence-corrected chi connectivity index (χ4v) is 2.56. The van der Waals surface area contributed by atoms with Gasteiger partial charge in [-0.05, 0) is 0 Å². The lowest BCUT2D eigenvalue weighted by Gasteiger charge is -2.37. The minimum Gasteiger partial charge on any atom is -0.305 e. The molecule has 0 aliphatic carbocycles. The highest BCUT2D eigenvalue weighted by Crippen LogP contribution is 2.34. The molecule has 0 saturated carbocycles. The minimum atomic E-state index is -4.66. The Morgan fingerprint density at radius 1 is 1.36 bits per heavy atom. The number of hydrogen-bond acceptors (Lipinski definition) is 6. The summed E-state index contributed by atoms with van der Waals surface area (Å²) in [6.45, 7) is 1.56. The van der Waals surface area contributed by atoms with Gasteiger partial charge in [-0.2, -0.15) is 18.3 Å². The molecule has 0 radical (unpaired) electrons. The molecule has 138 valence electrons. The lowest BCUT2D eigenvalue weighted by atomic mass is 10.2. The Labute approximate surface area is 150 Å². The number of halogens is 5. The summed E-state index contributed by atoms with van der Waals surface area (Å²) >= 11 is 6.01. The van der Waals surface area contributed by atoms with Crippen molar-refractivity contribution >= 4 is 29.8 Å². The lowest BCUT2D eigenvalue weighted by Crippen LogP contribution is -2.54. The zero-order chi connectivity index (χ0) is 17.5. The standard InChI is InChI=1S/C12H13ClF3N7O.ClH/c1-22-5-17-2-3-23(22)10-7(13)11(24)20-9(19-10)6-4-18-21-8(6)12(14,15)16;/h4,17H,2-3,5H2,1H3,(H,18,21)(H,19,20,24);1H. The SMILES string of the molecule is CN1CNCCN1c1nc(-c2cn[nH]c2C(F)(F)F)[nH]c(=O)c1Cl.Cl. The lowest BCUT2D eigenvalue weighted by molar-refractivity contribution is -0.140. The first kappa shape index (κ1) is 19.5. The van der Waals surface area contributed by atoms with Crippen LogP contribution in [0.3, 0.4) is 0 Å². The van der Waals surface area contributed by atoms with Crippen molar-refractivity contribution in [2.45, 2.75) is 6.18 Å². The molecule has 0 spiro atoms. The third-order valence-corrected chi connectivity index (χ3v) is 3.86. The van der Waals surface area contributed by atoms with Crippen LogP contribution in [0.25, 0.3) is 11.4 Å². The normalized spacial score (nSPS) is 16.0. The molecule has 0 bridgehead atoms. The first-order chi connectivity index (χ1) is 11.3. The number of nitrogens with one attached hydrogen (secondary N) is 3. The van der Waals surface area contributed by atoms with E-state index >= 15 is 0 Å². The molecule has 13 heteroatoms. The highest BCUT2D eigenvalue weighted by molar-refractivity contribution is 6.32. The van der Waals surface area contributed by atoms with Crippen LogP contribution in [0.4, 0.5) is 19.0 Å². The number of nitrogens with zero attached hydrogens (tertiary/aromatic N) is 4. The molecular weight excluding hydrogens is 386 g/mol. The van der Waals surface area contributed by atoms with Gasteiger partial charge in [-0.25, -0.2) is 9.99 Å². The molecule has 0 amide bonds. The van der Waals surface area contributed by atoms with Crippen LogP contribution < -0.4 is 15.9 Å². The molecule has 1 aliphatic heterocycles. The van der Waals surface area contributed by atoms with E-state index in [1.54, 1.807) is 17.1 Å². The maximum atomic E-state index is 13.0. The number of aromatic amines is 2. The number of H-pyrrole nitrogens is 2. The topological polar surface area (TPSA) is 92.9 Å². The van der Waals surface area contributed by atoms with Gasteiger partial charge in [-0.3, -0.25) is 14.9 Å². The Balaban J connectivity index is 0.00000225. The second-order valence-corrected chi connectivity index (χ2v) is 5.53. The van der Waals surface area contributed by atoms with Gasteiger partial charge >= 0.3 is 6.18 Å². The number of aromatic nitrogens is 4. The van der Waals surface area contributed by atoms with Gasteiger partial charge in [0.05, 0.1) is 18.4 Å². The summed E-state index contributed by atoms with van der Waals surface area (Å²) in [6, 6.07) is 0. The highest BCUT2D eigenvalue weighted by Gasteiger charge is 2.37. The molecule has 3 rings (SSSR count). The van der Waals surface area contributed by atoms with Gasteiger partial charge < -0.3 is 10.3 Å². The van der Waals surface area contributed by atoms with Gasteiger partial charge in [0, 0.05) is 20.1 Å². The summed E-state index contributed by atoms with van der Waals surface area (Å²) in [4.78, 5) is 18.5. The molecule has 3 heterocycles. The number of hydrazine groups is 1. The zero-order valence-corrected chi connectivity index (χ0v) is 14.4. The average molecular weight is 400 g/mol. The highest BCUT2D eigenvalue weighted by atomic mass is 35.5. The van der Waals surface area contributed by atoms with Crippen molar-refractivity contribution < 1.29 is 13.2 Å². The van der Waals surface area contributed by atoms with E-state index < -0.39 is 17.4 Å². The summed E-state index contributed by atoms with van der Waals surface area (Å²) in [5, 5.41) is 11.5. The molecule has 8 nitrogen and oxygen atoms in total. The summed E-state index contributed by atoms with van der Waals surface area (Å²) < 4.78 is 39.1. The van der Waals surface area contributed by atoms with Crippen LogP contribution in [-0.4, -0.2) is 52.0 Å². The molecule has 1 fully saturated rings. The molecule has 1 saturated heterocycles. The van der Waals surface area contributed by atoms with Crippen LogP contribution in [0.1, 0.15) is 5.69 Å². The Kier molecular flexibility index (Phi) is 5.62. The van der Waals surface area contributed by atoms with Crippen LogP contribution in [0.15, 0.2) is 11.0 Å². The summed E-state index contributed by atoms with van der Waals surface area (Å²) in [7, 11) is 1.74. The van der Waals surface area contributed by atoms with Crippen molar-refractivity contribution in [1.82, 2.24) is 30.5 Å². The van der Waals surface area contributed by atoms with Gasteiger partial charge in [0.15, 0.2) is 11.5 Å².